The highest BCUT2D eigenvalue weighted by atomic mass is 16.6. The standard InChI is InChI=1S/C55H106O6/c1-5-7-9-11-13-15-17-18-19-20-21-24-28-32-36-40-44-48-55(58)61-52(49-59-53(56)46-42-38-34-30-16-14-12-10-8-6-2)50-60-54(57)47-43-39-35-31-27-25-22-23-26-29-33-37-41-45-51(3)4/h51-52H,5-50H2,1-4H3/t52-/m1/s1. The first-order valence-electron chi connectivity index (χ1n) is 27.4. The Morgan fingerprint density at radius 1 is 0.311 bits per heavy atom. The fourth-order valence-corrected chi connectivity index (χ4v) is 8.39. The van der Waals surface area contributed by atoms with Crippen LogP contribution in [-0.4, -0.2) is 37.2 Å². The predicted octanol–water partition coefficient (Wildman–Crippen LogP) is 17.8. The molecular formula is C55H106O6. The van der Waals surface area contributed by atoms with Crippen molar-refractivity contribution in [3.8, 4) is 0 Å². The molecule has 0 radical (unpaired) electrons. The number of hydrogen-bond acceptors (Lipinski definition) is 6. The number of carbonyl (C=O) groups is 3. The molecule has 0 aliphatic carbocycles. The number of hydrogen-bond donors (Lipinski definition) is 0. The highest BCUT2D eigenvalue weighted by Crippen LogP contribution is 2.17. The lowest BCUT2D eigenvalue weighted by Gasteiger charge is -2.18. The number of esters is 3. The predicted molar refractivity (Wildman–Crippen MR) is 261 cm³/mol. The van der Waals surface area contributed by atoms with Gasteiger partial charge in [-0.15, -0.1) is 0 Å². The van der Waals surface area contributed by atoms with E-state index in [0.717, 1.165) is 63.7 Å². The summed E-state index contributed by atoms with van der Waals surface area (Å²) >= 11 is 0. The number of rotatable bonds is 50. The van der Waals surface area contributed by atoms with Crippen LogP contribution in [0.5, 0.6) is 0 Å². The van der Waals surface area contributed by atoms with Crippen molar-refractivity contribution in [1.82, 2.24) is 0 Å². The van der Waals surface area contributed by atoms with Gasteiger partial charge in [-0.2, -0.15) is 0 Å². The fourth-order valence-electron chi connectivity index (χ4n) is 8.39. The van der Waals surface area contributed by atoms with Crippen LogP contribution in [0.15, 0.2) is 0 Å². The zero-order valence-corrected chi connectivity index (χ0v) is 41.6. The van der Waals surface area contributed by atoms with Crippen molar-refractivity contribution in [3.63, 3.8) is 0 Å². The molecule has 0 aliphatic rings. The molecule has 0 spiro atoms. The van der Waals surface area contributed by atoms with Gasteiger partial charge < -0.3 is 14.2 Å². The van der Waals surface area contributed by atoms with Crippen LogP contribution < -0.4 is 0 Å². The molecule has 0 heterocycles. The maximum atomic E-state index is 12.8. The zero-order valence-electron chi connectivity index (χ0n) is 41.6. The van der Waals surface area contributed by atoms with Crippen LogP contribution in [0.2, 0.25) is 0 Å². The minimum absolute atomic E-state index is 0.0624. The molecule has 6 nitrogen and oxygen atoms in total. The Labute approximate surface area is 380 Å². The number of carbonyl (C=O) groups excluding carboxylic acids is 3. The molecule has 0 saturated carbocycles. The molecular weight excluding hydrogens is 757 g/mol. The molecule has 0 unspecified atom stereocenters. The first-order valence-corrected chi connectivity index (χ1v) is 27.4. The largest absolute Gasteiger partial charge is 0.462 e. The number of unbranched alkanes of at least 4 members (excludes halogenated alkanes) is 37. The van der Waals surface area contributed by atoms with E-state index in [1.54, 1.807) is 0 Å². The molecule has 0 rings (SSSR count). The van der Waals surface area contributed by atoms with Crippen LogP contribution in [0.1, 0.15) is 310 Å². The van der Waals surface area contributed by atoms with Gasteiger partial charge in [-0.25, -0.2) is 0 Å². The van der Waals surface area contributed by atoms with Gasteiger partial charge in [0.2, 0.25) is 0 Å². The van der Waals surface area contributed by atoms with E-state index in [2.05, 4.69) is 27.7 Å². The van der Waals surface area contributed by atoms with Crippen LogP contribution in [-0.2, 0) is 28.6 Å². The summed E-state index contributed by atoms with van der Waals surface area (Å²) in [7, 11) is 0. The lowest BCUT2D eigenvalue weighted by molar-refractivity contribution is -0.167. The van der Waals surface area contributed by atoms with Crippen molar-refractivity contribution in [2.24, 2.45) is 5.92 Å². The SMILES string of the molecule is CCCCCCCCCCCCCCCCCCCC(=O)O[C@H](COC(=O)CCCCCCCCCCCC)COC(=O)CCCCCCCCCCCCCCCC(C)C. The summed E-state index contributed by atoms with van der Waals surface area (Å²) in [5.41, 5.74) is 0. The summed E-state index contributed by atoms with van der Waals surface area (Å²) in [5.74, 6) is -0.00151. The second-order valence-corrected chi connectivity index (χ2v) is 19.3. The average molecular weight is 863 g/mol. The highest BCUT2D eigenvalue weighted by Gasteiger charge is 2.19. The Morgan fingerprint density at radius 2 is 0.541 bits per heavy atom. The van der Waals surface area contributed by atoms with E-state index in [1.165, 1.54) is 205 Å². The third-order valence-corrected chi connectivity index (χ3v) is 12.5. The quantitative estimate of drug-likeness (QED) is 0.0344. The average Bonchev–Trinajstić information content (AvgIpc) is 3.24. The van der Waals surface area contributed by atoms with Gasteiger partial charge in [0, 0.05) is 19.3 Å². The molecule has 0 aromatic rings. The first-order chi connectivity index (χ1) is 29.9. The minimum Gasteiger partial charge on any atom is -0.462 e. The van der Waals surface area contributed by atoms with Gasteiger partial charge >= 0.3 is 17.9 Å². The number of ether oxygens (including phenoxy) is 3. The van der Waals surface area contributed by atoms with Crippen molar-refractivity contribution >= 4 is 17.9 Å². The Kier molecular flexibility index (Phi) is 48.1. The molecule has 6 heteroatoms. The van der Waals surface area contributed by atoms with Crippen LogP contribution in [0.3, 0.4) is 0 Å². The van der Waals surface area contributed by atoms with E-state index in [9.17, 15) is 14.4 Å². The second-order valence-electron chi connectivity index (χ2n) is 19.3. The summed E-state index contributed by atoms with van der Waals surface area (Å²) in [4.78, 5) is 38.0. The smallest absolute Gasteiger partial charge is 0.306 e. The summed E-state index contributed by atoms with van der Waals surface area (Å²) in [6.07, 6.45) is 52.3. The molecule has 0 aromatic carbocycles. The van der Waals surface area contributed by atoms with Crippen molar-refractivity contribution in [1.29, 1.82) is 0 Å². The Bertz CT molecular complexity index is 918. The summed E-state index contributed by atoms with van der Waals surface area (Å²) in [6, 6.07) is 0. The molecule has 0 saturated heterocycles. The monoisotopic (exact) mass is 863 g/mol. The topological polar surface area (TPSA) is 78.9 Å². The Hall–Kier alpha value is -1.59. The van der Waals surface area contributed by atoms with Crippen LogP contribution in [0, 0.1) is 5.92 Å². The molecule has 0 aliphatic heterocycles. The van der Waals surface area contributed by atoms with Crippen molar-refractivity contribution in [3.05, 3.63) is 0 Å². The second kappa shape index (κ2) is 49.4. The van der Waals surface area contributed by atoms with Gasteiger partial charge in [-0.05, 0) is 25.2 Å². The normalized spacial score (nSPS) is 12.0. The van der Waals surface area contributed by atoms with E-state index < -0.39 is 6.10 Å². The van der Waals surface area contributed by atoms with E-state index in [0.29, 0.717) is 19.3 Å². The van der Waals surface area contributed by atoms with Gasteiger partial charge in [0.05, 0.1) is 0 Å². The van der Waals surface area contributed by atoms with E-state index in [1.807, 2.05) is 0 Å². The lowest BCUT2D eigenvalue weighted by atomic mass is 10.0. The summed E-state index contributed by atoms with van der Waals surface area (Å²) < 4.78 is 16.8. The molecule has 0 bridgehead atoms. The van der Waals surface area contributed by atoms with Gasteiger partial charge in [-0.3, -0.25) is 14.4 Å². The van der Waals surface area contributed by atoms with Crippen molar-refractivity contribution in [2.45, 2.75) is 316 Å². The third kappa shape index (κ3) is 49.3. The van der Waals surface area contributed by atoms with Crippen LogP contribution in [0.25, 0.3) is 0 Å². The minimum atomic E-state index is -0.760. The van der Waals surface area contributed by atoms with Gasteiger partial charge in [0.15, 0.2) is 6.10 Å². The van der Waals surface area contributed by atoms with Crippen LogP contribution in [0.4, 0.5) is 0 Å². The first kappa shape index (κ1) is 59.4. The molecule has 362 valence electrons. The fraction of sp³-hybridized carbons (Fsp3) is 0.945. The highest BCUT2D eigenvalue weighted by molar-refractivity contribution is 5.71. The van der Waals surface area contributed by atoms with E-state index in [-0.39, 0.29) is 31.1 Å². The Balaban J connectivity index is 4.26. The molecule has 0 aromatic heterocycles. The maximum Gasteiger partial charge on any atom is 0.306 e. The Morgan fingerprint density at radius 3 is 0.803 bits per heavy atom. The van der Waals surface area contributed by atoms with Crippen molar-refractivity contribution in [2.75, 3.05) is 13.2 Å². The summed E-state index contributed by atoms with van der Waals surface area (Å²) in [6.45, 7) is 9.04. The van der Waals surface area contributed by atoms with Crippen molar-refractivity contribution < 1.29 is 28.6 Å². The zero-order chi connectivity index (χ0) is 44.5. The molecule has 0 fully saturated rings. The van der Waals surface area contributed by atoms with Gasteiger partial charge in [0.1, 0.15) is 13.2 Å². The van der Waals surface area contributed by atoms with E-state index in [4.69, 9.17) is 14.2 Å². The summed E-state index contributed by atoms with van der Waals surface area (Å²) in [5, 5.41) is 0. The molecule has 61 heavy (non-hydrogen) atoms. The van der Waals surface area contributed by atoms with E-state index >= 15 is 0 Å². The third-order valence-electron chi connectivity index (χ3n) is 12.5. The van der Waals surface area contributed by atoms with Gasteiger partial charge in [-0.1, -0.05) is 272 Å². The molecule has 1 atom stereocenters. The van der Waals surface area contributed by atoms with Crippen LogP contribution >= 0.6 is 0 Å². The molecule has 0 N–H and O–H groups in total. The van der Waals surface area contributed by atoms with Gasteiger partial charge in [0.25, 0.3) is 0 Å². The molecule has 0 amide bonds. The maximum absolute atomic E-state index is 12.8. The lowest BCUT2D eigenvalue weighted by Crippen LogP contribution is -2.30.